The molecule has 0 aromatic rings. The molecule has 1 atom stereocenters. The molecule has 1 rings (SSSR count). The Morgan fingerprint density at radius 1 is 1.26 bits per heavy atom. The van der Waals surface area contributed by atoms with Gasteiger partial charge in [-0.2, -0.15) is 0 Å². The number of esters is 1. The minimum Gasteiger partial charge on any atom is -0.480 e. The lowest BCUT2D eigenvalue weighted by Gasteiger charge is -2.23. The van der Waals surface area contributed by atoms with E-state index in [9.17, 15) is 14.4 Å². The topological polar surface area (TPSA) is 92.7 Å². The standard InChI is InChI=1S/C13H21NO5/c1-19-11(15)8-7-10(13(17)18)14-12(16)9-5-3-2-4-6-9/h9-10H,2-8H2,1H3,(H,14,16)(H,17,18). The first-order chi connectivity index (χ1) is 9.04. The molecule has 0 aromatic heterocycles. The van der Waals surface area contributed by atoms with E-state index in [2.05, 4.69) is 10.1 Å². The summed E-state index contributed by atoms with van der Waals surface area (Å²) >= 11 is 0. The van der Waals surface area contributed by atoms with Crippen molar-refractivity contribution < 1.29 is 24.2 Å². The number of carboxylic acid groups (broad SMARTS) is 1. The number of nitrogens with one attached hydrogen (secondary N) is 1. The third-order valence-corrected chi connectivity index (χ3v) is 3.46. The van der Waals surface area contributed by atoms with Crippen LogP contribution in [0, 0.1) is 5.92 Å². The fourth-order valence-electron chi connectivity index (χ4n) is 2.28. The molecule has 0 heterocycles. The van der Waals surface area contributed by atoms with Crippen molar-refractivity contribution >= 4 is 17.8 Å². The first-order valence-corrected chi connectivity index (χ1v) is 6.64. The molecule has 6 nitrogen and oxygen atoms in total. The molecule has 0 spiro atoms. The number of carbonyl (C=O) groups excluding carboxylic acids is 2. The SMILES string of the molecule is COC(=O)CCC(NC(=O)C1CCCCC1)C(=O)O. The van der Waals surface area contributed by atoms with Crippen LogP contribution in [0.1, 0.15) is 44.9 Å². The van der Waals surface area contributed by atoms with E-state index in [0.29, 0.717) is 0 Å². The van der Waals surface area contributed by atoms with Crippen LogP contribution in [0.4, 0.5) is 0 Å². The summed E-state index contributed by atoms with van der Waals surface area (Å²) in [5.41, 5.74) is 0. The zero-order chi connectivity index (χ0) is 14.3. The van der Waals surface area contributed by atoms with Crippen LogP contribution in [0.5, 0.6) is 0 Å². The van der Waals surface area contributed by atoms with Crippen molar-refractivity contribution in [2.24, 2.45) is 5.92 Å². The summed E-state index contributed by atoms with van der Waals surface area (Å²) in [4.78, 5) is 34.0. The summed E-state index contributed by atoms with van der Waals surface area (Å²) in [5, 5.41) is 11.6. The summed E-state index contributed by atoms with van der Waals surface area (Å²) in [6, 6.07) is -1.02. The molecule has 0 bridgehead atoms. The average molecular weight is 271 g/mol. The molecule has 0 radical (unpaired) electrons. The van der Waals surface area contributed by atoms with Crippen LogP contribution in [0.15, 0.2) is 0 Å². The monoisotopic (exact) mass is 271 g/mol. The number of methoxy groups -OCH3 is 1. The van der Waals surface area contributed by atoms with Crippen molar-refractivity contribution in [2.75, 3.05) is 7.11 Å². The number of aliphatic carboxylic acids is 1. The Labute approximate surface area is 112 Å². The summed E-state index contributed by atoms with van der Waals surface area (Å²) in [5.74, 6) is -1.89. The zero-order valence-corrected chi connectivity index (χ0v) is 11.2. The summed E-state index contributed by atoms with van der Waals surface area (Å²) in [6.07, 6.45) is 4.83. The van der Waals surface area contributed by atoms with Gasteiger partial charge >= 0.3 is 11.9 Å². The second kappa shape index (κ2) is 7.76. The lowest BCUT2D eigenvalue weighted by Crippen LogP contribution is -2.44. The molecule has 2 N–H and O–H groups in total. The van der Waals surface area contributed by atoms with Gasteiger partial charge in [-0.3, -0.25) is 9.59 Å². The van der Waals surface area contributed by atoms with Crippen LogP contribution >= 0.6 is 0 Å². The number of carbonyl (C=O) groups is 3. The molecule has 1 aliphatic carbocycles. The third kappa shape index (κ3) is 5.28. The van der Waals surface area contributed by atoms with E-state index in [-0.39, 0.29) is 24.7 Å². The molecule has 1 unspecified atom stereocenters. The number of carboxylic acids is 1. The Morgan fingerprint density at radius 2 is 1.89 bits per heavy atom. The third-order valence-electron chi connectivity index (χ3n) is 3.46. The fourth-order valence-corrected chi connectivity index (χ4v) is 2.28. The summed E-state index contributed by atoms with van der Waals surface area (Å²) < 4.78 is 4.46. The Morgan fingerprint density at radius 3 is 2.42 bits per heavy atom. The maximum Gasteiger partial charge on any atom is 0.326 e. The Balaban J connectivity index is 2.45. The molecule has 0 aliphatic heterocycles. The van der Waals surface area contributed by atoms with Gasteiger partial charge in [-0.05, 0) is 19.3 Å². The van der Waals surface area contributed by atoms with Crippen molar-refractivity contribution in [3.63, 3.8) is 0 Å². The first-order valence-electron chi connectivity index (χ1n) is 6.64. The maximum atomic E-state index is 11.9. The van der Waals surface area contributed by atoms with Gasteiger partial charge in [-0.25, -0.2) is 4.79 Å². The largest absolute Gasteiger partial charge is 0.480 e. The molecule has 1 amide bonds. The van der Waals surface area contributed by atoms with Gasteiger partial charge in [0.05, 0.1) is 7.11 Å². The van der Waals surface area contributed by atoms with Crippen molar-refractivity contribution in [1.29, 1.82) is 0 Å². The normalized spacial score (nSPS) is 17.5. The van der Waals surface area contributed by atoms with Gasteiger partial charge in [0.15, 0.2) is 0 Å². The smallest absolute Gasteiger partial charge is 0.326 e. The van der Waals surface area contributed by atoms with Crippen LogP contribution in [0.2, 0.25) is 0 Å². The van der Waals surface area contributed by atoms with Gasteiger partial charge in [0.2, 0.25) is 5.91 Å². The molecule has 6 heteroatoms. The van der Waals surface area contributed by atoms with E-state index >= 15 is 0 Å². The molecular weight excluding hydrogens is 250 g/mol. The molecule has 19 heavy (non-hydrogen) atoms. The number of amides is 1. The summed E-state index contributed by atoms with van der Waals surface area (Å²) in [6.45, 7) is 0. The predicted octanol–water partition coefficient (Wildman–Crippen LogP) is 1.09. The Kier molecular flexibility index (Phi) is 6.32. The van der Waals surface area contributed by atoms with Gasteiger partial charge in [0, 0.05) is 12.3 Å². The Hall–Kier alpha value is -1.59. The van der Waals surface area contributed by atoms with E-state index in [1.165, 1.54) is 7.11 Å². The highest BCUT2D eigenvalue weighted by Crippen LogP contribution is 2.23. The second-order valence-corrected chi connectivity index (χ2v) is 4.85. The van der Waals surface area contributed by atoms with Gasteiger partial charge in [0.25, 0.3) is 0 Å². The maximum absolute atomic E-state index is 11.9. The highest BCUT2D eigenvalue weighted by molar-refractivity contribution is 5.85. The molecule has 1 saturated carbocycles. The second-order valence-electron chi connectivity index (χ2n) is 4.85. The molecule has 1 fully saturated rings. The van der Waals surface area contributed by atoms with Gasteiger partial charge < -0.3 is 15.2 Å². The molecule has 0 saturated heterocycles. The van der Waals surface area contributed by atoms with Crippen molar-refractivity contribution in [3.8, 4) is 0 Å². The van der Waals surface area contributed by atoms with E-state index in [1.54, 1.807) is 0 Å². The molecule has 108 valence electrons. The van der Waals surface area contributed by atoms with Gasteiger partial charge in [-0.1, -0.05) is 19.3 Å². The van der Waals surface area contributed by atoms with Gasteiger partial charge in [0.1, 0.15) is 6.04 Å². The first kappa shape index (κ1) is 15.5. The van der Waals surface area contributed by atoms with Crippen LogP contribution in [0.25, 0.3) is 0 Å². The minimum atomic E-state index is -1.12. The van der Waals surface area contributed by atoms with E-state index < -0.39 is 18.0 Å². The predicted molar refractivity (Wildman–Crippen MR) is 67.4 cm³/mol. The van der Waals surface area contributed by atoms with E-state index in [0.717, 1.165) is 32.1 Å². The highest BCUT2D eigenvalue weighted by atomic mass is 16.5. The van der Waals surface area contributed by atoms with Crippen molar-refractivity contribution in [1.82, 2.24) is 5.32 Å². The lowest BCUT2D eigenvalue weighted by atomic mass is 9.88. The summed E-state index contributed by atoms with van der Waals surface area (Å²) in [7, 11) is 1.25. The molecular formula is C13H21NO5. The molecule has 1 aliphatic rings. The number of hydrogen-bond donors (Lipinski definition) is 2. The molecule has 0 aromatic carbocycles. The van der Waals surface area contributed by atoms with Crippen LogP contribution in [0.3, 0.4) is 0 Å². The van der Waals surface area contributed by atoms with Crippen molar-refractivity contribution in [2.45, 2.75) is 51.0 Å². The fraction of sp³-hybridized carbons (Fsp3) is 0.769. The van der Waals surface area contributed by atoms with Crippen LogP contribution in [-0.2, 0) is 19.1 Å². The number of hydrogen-bond acceptors (Lipinski definition) is 4. The number of ether oxygens (including phenoxy) is 1. The average Bonchev–Trinajstić information content (AvgIpc) is 2.43. The number of rotatable bonds is 6. The minimum absolute atomic E-state index is 0.0155. The van der Waals surface area contributed by atoms with E-state index in [1.807, 2.05) is 0 Å². The zero-order valence-electron chi connectivity index (χ0n) is 11.2. The lowest BCUT2D eigenvalue weighted by molar-refractivity contribution is -0.144. The van der Waals surface area contributed by atoms with E-state index in [4.69, 9.17) is 5.11 Å². The van der Waals surface area contributed by atoms with Crippen LogP contribution in [-0.4, -0.2) is 36.1 Å². The highest BCUT2D eigenvalue weighted by Gasteiger charge is 2.26. The Bertz CT molecular complexity index is 336. The van der Waals surface area contributed by atoms with Gasteiger partial charge in [-0.15, -0.1) is 0 Å². The quantitative estimate of drug-likeness (QED) is 0.705. The van der Waals surface area contributed by atoms with Crippen LogP contribution < -0.4 is 5.32 Å². The van der Waals surface area contributed by atoms with Crippen molar-refractivity contribution in [3.05, 3.63) is 0 Å².